The van der Waals surface area contributed by atoms with Crippen LogP contribution in [0.4, 0.5) is 33.4 Å². The maximum absolute atomic E-state index is 11.1. The van der Waals surface area contributed by atoms with Crippen LogP contribution in [0.15, 0.2) is 103 Å². The van der Waals surface area contributed by atoms with E-state index >= 15 is 0 Å². The smallest absolute Gasteiger partial charge is 0.254 e. The highest BCUT2D eigenvalue weighted by Gasteiger charge is 2.48. The fourth-order valence-electron chi connectivity index (χ4n) is 11.8. The summed E-state index contributed by atoms with van der Waals surface area (Å²) >= 11 is 1.91. The molecule has 6 aromatic carbocycles. The van der Waals surface area contributed by atoms with Gasteiger partial charge in [0.1, 0.15) is 0 Å². The minimum absolute atomic E-state index is 0.00552. The highest BCUT2D eigenvalue weighted by Crippen LogP contribution is 2.54. The molecule has 0 saturated carbocycles. The maximum atomic E-state index is 11.1. The van der Waals surface area contributed by atoms with Gasteiger partial charge in [0.05, 0.1) is 22.3 Å². The van der Waals surface area contributed by atoms with Gasteiger partial charge in [0.2, 0.25) is 0 Å². The molecule has 1 aromatic heterocycles. The fourth-order valence-corrected chi connectivity index (χ4v) is 13.0. The summed E-state index contributed by atoms with van der Waals surface area (Å²) in [5, 5.41) is 13.7. The van der Waals surface area contributed by atoms with Gasteiger partial charge in [-0.25, -0.2) is 0 Å². The number of nitriles is 1. The van der Waals surface area contributed by atoms with Crippen molar-refractivity contribution in [2.45, 2.75) is 136 Å². The Bertz CT molecular complexity index is 3160. The first-order valence-corrected chi connectivity index (χ1v) is 24.9. The molecule has 2 aliphatic carbocycles. The molecule has 4 aliphatic rings. The van der Waals surface area contributed by atoms with Crippen LogP contribution in [0.1, 0.15) is 139 Å². The SMILES string of the molecule is Cc1cc(C(C)(C)C)ccc1N1c2cc(C#N)cc3c2B(c2cc4c(cc2N3c2cc3c(cc2-c2ccccc2)CCCC3)C(C)(C)CCC4(C)C)c2c1sc1ccc(C(C)(C)C)cc21. The lowest BCUT2D eigenvalue weighted by atomic mass is 9.33. The van der Waals surface area contributed by atoms with E-state index in [1.165, 1.54) is 111 Å². The zero-order chi connectivity index (χ0) is 45.5. The summed E-state index contributed by atoms with van der Waals surface area (Å²) in [6.45, 7) is 26.0. The van der Waals surface area contributed by atoms with Crippen LogP contribution in [0.2, 0.25) is 0 Å². The third-order valence-corrected chi connectivity index (χ3v) is 16.9. The molecule has 5 heteroatoms. The van der Waals surface area contributed by atoms with Gasteiger partial charge in [0, 0.05) is 33.0 Å². The minimum Gasteiger partial charge on any atom is -0.311 e. The molecule has 0 fully saturated rings. The van der Waals surface area contributed by atoms with Gasteiger partial charge in [-0.05, 0) is 176 Å². The van der Waals surface area contributed by atoms with E-state index in [4.69, 9.17) is 0 Å². The standard InChI is InChI=1S/C60H62BN3S/c1-36-27-41(57(2,3)4)21-23-48(36)64-52-29-37(35-62)28-51-55(52)61(54-44-32-42(58(5,6)7)22-24-53(44)65-56(54)64)47-33-45-46(60(10,11)26-25-59(45,8)9)34-50(47)63(51)49-31-40-20-16-15-19-39(40)30-43(49)38-17-13-12-14-18-38/h12-14,17-18,21-24,27-34H,15-16,19-20,25-26H2,1-11H3. The molecule has 0 saturated heterocycles. The summed E-state index contributed by atoms with van der Waals surface area (Å²) in [5.41, 5.74) is 22.8. The molecule has 11 rings (SSSR count). The Balaban J connectivity index is 1.31. The molecule has 326 valence electrons. The van der Waals surface area contributed by atoms with Crippen LogP contribution >= 0.6 is 11.3 Å². The predicted octanol–water partition coefficient (Wildman–Crippen LogP) is 14.7. The summed E-state index contributed by atoms with van der Waals surface area (Å²) in [7, 11) is 0. The summed E-state index contributed by atoms with van der Waals surface area (Å²) in [4.78, 5) is 5.17. The Hall–Kier alpha value is -5.57. The van der Waals surface area contributed by atoms with Crippen molar-refractivity contribution in [2.75, 3.05) is 9.80 Å². The molecule has 3 heterocycles. The Labute approximate surface area is 392 Å². The summed E-state index contributed by atoms with van der Waals surface area (Å²) < 4.78 is 1.30. The second kappa shape index (κ2) is 14.5. The van der Waals surface area contributed by atoms with Crippen molar-refractivity contribution < 1.29 is 0 Å². The normalized spacial score (nSPS) is 16.9. The zero-order valence-corrected chi connectivity index (χ0v) is 41.2. The number of aryl methyl sites for hydroxylation is 3. The second-order valence-electron chi connectivity index (χ2n) is 23.1. The summed E-state index contributed by atoms with van der Waals surface area (Å²) in [6, 6.07) is 42.8. The topological polar surface area (TPSA) is 30.3 Å². The lowest BCUT2D eigenvalue weighted by molar-refractivity contribution is 0.332. The van der Waals surface area contributed by atoms with Crippen molar-refractivity contribution in [1.82, 2.24) is 0 Å². The van der Waals surface area contributed by atoms with Gasteiger partial charge in [0.25, 0.3) is 6.71 Å². The van der Waals surface area contributed by atoms with Crippen LogP contribution in [0.25, 0.3) is 21.2 Å². The van der Waals surface area contributed by atoms with E-state index in [0.717, 1.165) is 37.1 Å². The number of benzene rings is 6. The van der Waals surface area contributed by atoms with Crippen molar-refractivity contribution in [1.29, 1.82) is 5.26 Å². The van der Waals surface area contributed by atoms with Crippen molar-refractivity contribution in [2.24, 2.45) is 0 Å². The van der Waals surface area contributed by atoms with E-state index in [0.29, 0.717) is 5.56 Å². The average molecular weight is 868 g/mol. The molecular weight excluding hydrogens is 806 g/mol. The molecule has 65 heavy (non-hydrogen) atoms. The maximum Gasteiger partial charge on any atom is 0.254 e. The molecule has 0 amide bonds. The van der Waals surface area contributed by atoms with Gasteiger partial charge < -0.3 is 9.80 Å². The predicted molar refractivity (Wildman–Crippen MR) is 280 cm³/mol. The molecule has 0 N–H and O–H groups in total. The van der Waals surface area contributed by atoms with Gasteiger partial charge in [-0.2, -0.15) is 5.26 Å². The van der Waals surface area contributed by atoms with Crippen LogP contribution in [0.3, 0.4) is 0 Å². The molecule has 0 spiro atoms. The monoisotopic (exact) mass is 867 g/mol. The quantitative estimate of drug-likeness (QED) is 0.166. The van der Waals surface area contributed by atoms with Gasteiger partial charge in [-0.15, -0.1) is 11.3 Å². The third kappa shape index (κ3) is 6.56. The van der Waals surface area contributed by atoms with E-state index in [2.05, 4.69) is 195 Å². The van der Waals surface area contributed by atoms with Gasteiger partial charge >= 0.3 is 0 Å². The summed E-state index contributed by atoms with van der Waals surface area (Å²) in [6.07, 6.45) is 6.91. The number of fused-ring (bicyclic) bond motifs is 8. The lowest BCUT2D eigenvalue weighted by Gasteiger charge is -2.47. The van der Waals surface area contributed by atoms with Crippen molar-refractivity contribution >= 4 is 78.0 Å². The second-order valence-corrected chi connectivity index (χ2v) is 24.1. The number of hydrogen-bond acceptors (Lipinski definition) is 4. The molecule has 0 bridgehead atoms. The molecule has 3 nitrogen and oxygen atoms in total. The molecular formula is C60H62BN3S. The van der Waals surface area contributed by atoms with Crippen LogP contribution in [-0.4, -0.2) is 6.71 Å². The van der Waals surface area contributed by atoms with E-state index < -0.39 is 0 Å². The molecule has 0 atom stereocenters. The largest absolute Gasteiger partial charge is 0.311 e. The van der Waals surface area contributed by atoms with Crippen molar-refractivity contribution in [3.8, 4) is 17.2 Å². The average Bonchev–Trinajstić information content (AvgIpc) is 3.65. The first kappa shape index (κ1) is 42.1. The highest BCUT2D eigenvalue weighted by molar-refractivity contribution is 7.26. The Kier molecular flexibility index (Phi) is 9.37. The minimum atomic E-state index is -0.0488. The van der Waals surface area contributed by atoms with E-state index in [9.17, 15) is 5.26 Å². The van der Waals surface area contributed by atoms with Crippen LogP contribution in [0.5, 0.6) is 0 Å². The Morgan fingerprint density at radius 1 is 0.615 bits per heavy atom. The third-order valence-electron chi connectivity index (χ3n) is 15.7. The van der Waals surface area contributed by atoms with E-state index in [1.54, 1.807) is 0 Å². The number of rotatable bonds is 3. The first-order chi connectivity index (χ1) is 30.8. The first-order valence-electron chi connectivity index (χ1n) is 24.1. The highest BCUT2D eigenvalue weighted by atomic mass is 32.1. The number of hydrogen-bond donors (Lipinski definition) is 0. The summed E-state index contributed by atoms with van der Waals surface area (Å²) in [5.74, 6) is 0. The van der Waals surface area contributed by atoms with E-state index in [1.807, 2.05) is 11.3 Å². The van der Waals surface area contributed by atoms with Crippen LogP contribution in [0, 0.1) is 18.3 Å². The molecule has 7 aromatic rings. The molecule has 0 unspecified atom stereocenters. The van der Waals surface area contributed by atoms with Crippen molar-refractivity contribution in [3.05, 3.63) is 148 Å². The van der Waals surface area contributed by atoms with Crippen LogP contribution in [-0.2, 0) is 34.5 Å². The number of nitrogens with zero attached hydrogens (tertiary/aromatic N) is 3. The van der Waals surface area contributed by atoms with Crippen molar-refractivity contribution in [3.63, 3.8) is 0 Å². The van der Waals surface area contributed by atoms with Crippen LogP contribution < -0.4 is 26.2 Å². The number of thiophene rings is 1. The fraction of sp³-hybridized carbons (Fsp3) is 0.350. The Morgan fingerprint density at radius 2 is 1.23 bits per heavy atom. The lowest BCUT2D eigenvalue weighted by Crippen LogP contribution is -2.61. The Morgan fingerprint density at radius 3 is 1.88 bits per heavy atom. The number of anilines is 6. The zero-order valence-electron chi connectivity index (χ0n) is 40.4. The van der Waals surface area contributed by atoms with Gasteiger partial charge in [0.15, 0.2) is 0 Å². The van der Waals surface area contributed by atoms with Gasteiger partial charge in [-0.3, -0.25) is 0 Å². The molecule has 0 radical (unpaired) electrons. The van der Waals surface area contributed by atoms with E-state index in [-0.39, 0.29) is 28.4 Å². The van der Waals surface area contributed by atoms with Gasteiger partial charge in [-0.1, -0.05) is 130 Å². The molecule has 2 aliphatic heterocycles.